The van der Waals surface area contributed by atoms with Gasteiger partial charge in [0, 0.05) is 31.1 Å². The van der Waals surface area contributed by atoms with E-state index in [1.54, 1.807) is 42.7 Å². The third kappa shape index (κ3) is 6.34. The molecule has 1 fully saturated rings. The summed E-state index contributed by atoms with van der Waals surface area (Å²) in [4.78, 5) is 4.58. The third-order valence-electron chi connectivity index (χ3n) is 5.31. The van der Waals surface area contributed by atoms with E-state index >= 15 is 0 Å². The van der Waals surface area contributed by atoms with Crippen molar-refractivity contribution in [3.63, 3.8) is 0 Å². The molecule has 3 aromatic rings. The number of nitrogens with one attached hydrogen (secondary N) is 2. The zero-order valence-corrected chi connectivity index (χ0v) is 19.2. The Morgan fingerprint density at radius 3 is 2.41 bits per heavy atom. The first kappa shape index (κ1) is 24.2. The third-order valence-corrected chi connectivity index (χ3v) is 6.24. The molecule has 1 aliphatic rings. The van der Waals surface area contributed by atoms with Gasteiger partial charge in [0.25, 0.3) is 0 Å². The Morgan fingerprint density at radius 2 is 1.79 bits per heavy atom. The Hall–Kier alpha value is -2.95. The van der Waals surface area contributed by atoms with Gasteiger partial charge in [-0.05, 0) is 78.6 Å². The molecular formula is C24H24F3N3O3S. The van der Waals surface area contributed by atoms with Crippen LogP contribution in [0.4, 0.5) is 30.4 Å². The summed E-state index contributed by atoms with van der Waals surface area (Å²) in [5.41, 5.74) is 0.569. The van der Waals surface area contributed by atoms with Gasteiger partial charge in [-0.1, -0.05) is 0 Å². The molecule has 0 spiro atoms. The quantitative estimate of drug-likeness (QED) is 0.397. The van der Waals surface area contributed by atoms with Crippen LogP contribution in [-0.4, -0.2) is 35.0 Å². The molecule has 34 heavy (non-hydrogen) atoms. The van der Waals surface area contributed by atoms with Gasteiger partial charge < -0.3 is 24.7 Å². The van der Waals surface area contributed by atoms with Gasteiger partial charge in [0.15, 0.2) is 10.6 Å². The summed E-state index contributed by atoms with van der Waals surface area (Å²) in [5.74, 6) is 1.47. The molecule has 0 amide bonds. The predicted octanol–water partition coefficient (Wildman–Crippen LogP) is 5.96. The van der Waals surface area contributed by atoms with Crippen LogP contribution < -0.4 is 15.4 Å². The molecule has 1 unspecified atom stereocenters. The molecule has 1 aliphatic heterocycles. The number of ether oxygens (including phenoxy) is 2. The van der Waals surface area contributed by atoms with Gasteiger partial charge in [0.2, 0.25) is 0 Å². The second-order valence-electron chi connectivity index (χ2n) is 7.82. The summed E-state index contributed by atoms with van der Waals surface area (Å²) in [6.07, 6.45) is -0.337. The number of anilines is 3. The van der Waals surface area contributed by atoms with Crippen molar-refractivity contribution in [3.8, 4) is 11.5 Å². The van der Waals surface area contributed by atoms with E-state index in [0.29, 0.717) is 41.1 Å². The molecule has 0 aliphatic carbocycles. The normalized spacial score (nSPS) is 15.6. The van der Waals surface area contributed by atoms with E-state index in [2.05, 4.69) is 15.6 Å². The van der Waals surface area contributed by atoms with Crippen molar-refractivity contribution in [2.24, 2.45) is 0 Å². The van der Waals surface area contributed by atoms with Gasteiger partial charge in [-0.3, -0.25) is 0 Å². The minimum Gasteiger partial charge on any atom is -0.612 e. The van der Waals surface area contributed by atoms with Crippen LogP contribution in [0.5, 0.6) is 11.5 Å². The number of hydrogen-bond acceptors (Lipinski definition) is 6. The molecule has 2 N–H and O–H groups in total. The van der Waals surface area contributed by atoms with Crippen molar-refractivity contribution in [2.75, 3.05) is 30.1 Å². The SMILES string of the molecule is C[S+]([O-])c1ccc(Oc2ccc(Nc3ccc(C(F)(F)F)cn3)cc2NC2CCOCC2)cc1. The summed E-state index contributed by atoms with van der Waals surface area (Å²) in [6.45, 7) is 1.33. The molecule has 0 saturated carbocycles. The van der Waals surface area contributed by atoms with Crippen LogP contribution in [0, 0.1) is 0 Å². The smallest absolute Gasteiger partial charge is 0.417 e. The molecule has 4 rings (SSSR count). The maximum absolute atomic E-state index is 12.8. The topological polar surface area (TPSA) is 78.5 Å². The van der Waals surface area contributed by atoms with Crippen molar-refractivity contribution >= 4 is 28.4 Å². The van der Waals surface area contributed by atoms with E-state index in [1.807, 2.05) is 6.07 Å². The van der Waals surface area contributed by atoms with Crippen LogP contribution in [0.15, 0.2) is 65.7 Å². The first-order chi connectivity index (χ1) is 16.3. The van der Waals surface area contributed by atoms with Gasteiger partial charge in [0.1, 0.15) is 17.8 Å². The minimum atomic E-state index is -4.43. The number of benzene rings is 2. The Kier molecular flexibility index (Phi) is 7.50. The standard InChI is InChI=1S/C24H24F3N3O3S/c1-34(31)20-6-4-19(5-7-20)33-22-8-3-18(14-21(22)29-17-10-12-32-13-11-17)30-23-9-2-16(15-28-23)24(25,26)27/h2-9,14-15,17,29H,10-13H2,1H3,(H,28,30). The second-order valence-corrected chi connectivity index (χ2v) is 9.20. The summed E-state index contributed by atoms with van der Waals surface area (Å²) >= 11 is -1.08. The van der Waals surface area contributed by atoms with E-state index in [0.717, 1.165) is 30.8 Å². The molecule has 6 nitrogen and oxygen atoms in total. The molecule has 0 radical (unpaired) electrons. The van der Waals surface area contributed by atoms with E-state index in [4.69, 9.17) is 9.47 Å². The summed E-state index contributed by atoms with van der Waals surface area (Å²) < 4.78 is 61.5. The van der Waals surface area contributed by atoms with Crippen LogP contribution in [-0.2, 0) is 22.1 Å². The molecule has 1 aromatic heterocycles. The lowest BCUT2D eigenvalue weighted by Crippen LogP contribution is -2.28. The lowest BCUT2D eigenvalue weighted by molar-refractivity contribution is -0.137. The van der Waals surface area contributed by atoms with Crippen LogP contribution >= 0.6 is 0 Å². The molecular weight excluding hydrogens is 467 g/mol. The summed E-state index contributed by atoms with van der Waals surface area (Å²) in [7, 11) is 0. The zero-order chi connectivity index (χ0) is 24.1. The highest BCUT2D eigenvalue weighted by atomic mass is 32.2. The van der Waals surface area contributed by atoms with Gasteiger partial charge in [-0.15, -0.1) is 0 Å². The van der Waals surface area contributed by atoms with Crippen molar-refractivity contribution in [1.82, 2.24) is 4.98 Å². The fourth-order valence-electron chi connectivity index (χ4n) is 3.48. The highest BCUT2D eigenvalue weighted by Crippen LogP contribution is 2.35. The average molecular weight is 492 g/mol. The van der Waals surface area contributed by atoms with Crippen LogP contribution in [0.1, 0.15) is 18.4 Å². The van der Waals surface area contributed by atoms with Gasteiger partial charge in [-0.2, -0.15) is 13.2 Å². The predicted molar refractivity (Wildman–Crippen MR) is 125 cm³/mol. The number of hydrogen-bond donors (Lipinski definition) is 2. The molecule has 2 aromatic carbocycles. The van der Waals surface area contributed by atoms with Crippen molar-refractivity contribution in [3.05, 3.63) is 66.4 Å². The first-order valence-electron chi connectivity index (χ1n) is 10.7. The number of halogens is 3. The highest BCUT2D eigenvalue weighted by molar-refractivity contribution is 7.90. The number of alkyl halides is 3. The van der Waals surface area contributed by atoms with E-state index in [1.165, 1.54) is 6.07 Å². The largest absolute Gasteiger partial charge is 0.612 e. The van der Waals surface area contributed by atoms with E-state index in [-0.39, 0.29) is 6.04 Å². The van der Waals surface area contributed by atoms with E-state index < -0.39 is 22.9 Å². The Labute approximate surface area is 198 Å². The Balaban J connectivity index is 1.55. The van der Waals surface area contributed by atoms with Crippen LogP contribution in [0.3, 0.4) is 0 Å². The molecule has 2 heterocycles. The van der Waals surface area contributed by atoms with Crippen molar-refractivity contribution in [2.45, 2.75) is 30.0 Å². The number of rotatable bonds is 7. The lowest BCUT2D eigenvalue weighted by atomic mass is 10.1. The van der Waals surface area contributed by atoms with E-state index in [9.17, 15) is 17.7 Å². The molecule has 180 valence electrons. The van der Waals surface area contributed by atoms with Crippen molar-refractivity contribution < 1.29 is 27.2 Å². The fraction of sp³-hybridized carbons (Fsp3) is 0.292. The fourth-order valence-corrected chi connectivity index (χ4v) is 4.00. The van der Waals surface area contributed by atoms with Gasteiger partial charge in [-0.25, -0.2) is 4.98 Å². The van der Waals surface area contributed by atoms with Gasteiger partial charge in [0.05, 0.1) is 11.3 Å². The first-order valence-corrected chi connectivity index (χ1v) is 12.2. The molecule has 1 saturated heterocycles. The molecule has 10 heteroatoms. The Morgan fingerprint density at radius 1 is 1.06 bits per heavy atom. The maximum atomic E-state index is 12.8. The van der Waals surface area contributed by atoms with Gasteiger partial charge >= 0.3 is 6.18 Å². The summed E-state index contributed by atoms with van der Waals surface area (Å²) in [6, 6.07) is 14.9. The average Bonchev–Trinajstić information content (AvgIpc) is 2.81. The zero-order valence-electron chi connectivity index (χ0n) is 18.4. The molecule has 0 bridgehead atoms. The monoisotopic (exact) mass is 491 g/mol. The lowest BCUT2D eigenvalue weighted by Gasteiger charge is -2.25. The highest BCUT2D eigenvalue weighted by Gasteiger charge is 2.30. The molecule has 1 atom stereocenters. The van der Waals surface area contributed by atoms with Crippen LogP contribution in [0.2, 0.25) is 0 Å². The maximum Gasteiger partial charge on any atom is 0.417 e. The number of nitrogens with zero attached hydrogens (tertiary/aromatic N) is 1. The number of aromatic nitrogens is 1. The summed E-state index contributed by atoms with van der Waals surface area (Å²) in [5, 5.41) is 6.53. The van der Waals surface area contributed by atoms with Crippen LogP contribution in [0.25, 0.3) is 0 Å². The Bertz CT molecular complexity index is 1090. The number of pyridine rings is 1. The van der Waals surface area contributed by atoms with Crippen molar-refractivity contribution in [1.29, 1.82) is 0 Å². The second kappa shape index (κ2) is 10.5. The minimum absolute atomic E-state index is 0.195.